The van der Waals surface area contributed by atoms with Gasteiger partial charge in [-0.15, -0.1) is 0 Å². The van der Waals surface area contributed by atoms with Crippen LogP contribution in [0.3, 0.4) is 0 Å². The molecule has 1 unspecified atom stereocenters. The molecule has 64 valence electrons. The van der Waals surface area contributed by atoms with Crippen molar-refractivity contribution >= 4 is 0 Å². The molecule has 0 saturated heterocycles. The van der Waals surface area contributed by atoms with Gasteiger partial charge in [0.15, 0.2) is 0 Å². The maximum Gasteiger partial charge on any atom is 0.0985 e. The van der Waals surface area contributed by atoms with E-state index < -0.39 is 0 Å². The number of rotatable bonds is 2. The summed E-state index contributed by atoms with van der Waals surface area (Å²) in [7, 11) is 1.92. The standard InChI is InChI=1S/C8H15FN2/c1-7(10-2)11-5-3-8(9)4-6-11/h3,7,10H,4-6H2,1-2H3. The maximum absolute atomic E-state index is 12.5. The first kappa shape index (κ1) is 8.68. The summed E-state index contributed by atoms with van der Waals surface area (Å²) in [5.74, 6) is 0.0320. The minimum Gasteiger partial charge on any atom is -0.305 e. The fourth-order valence-electron chi connectivity index (χ4n) is 1.19. The summed E-state index contributed by atoms with van der Waals surface area (Å²) in [5.41, 5.74) is 0. The quantitative estimate of drug-likeness (QED) is 0.647. The van der Waals surface area contributed by atoms with Gasteiger partial charge in [-0.1, -0.05) is 0 Å². The number of hydrogen-bond acceptors (Lipinski definition) is 2. The largest absolute Gasteiger partial charge is 0.305 e. The topological polar surface area (TPSA) is 15.3 Å². The molecule has 3 heteroatoms. The van der Waals surface area contributed by atoms with Crippen molar-refractivity contribution in [1.82, 2.24) is 10.2 Å². The fourth-order valence-corrected chi connectivity index (χ4v) is 1.19. The van der Waals surface area contributed by atoms with Crippen LogP contribution in [0.15, 0.2) is 11.9 Å². The van der Waals surface area contributed by atoms with Crippen molar-refractivity contribution in [3.8, 4) is 0 Å². The first-order chi connectivity index (χ1) is 5.24. The van der Waals surface area contributed by atoms with Gasteiger partial charge in [-0.05, 0) is 20.0 Å². The highest BCUT2D eigenvalue weighted by molar-refractivity contribution is 4.99. The first-order valence-corrected chi connectivity index (χ1v) is 4.00. The smallest absolute Gasteiger partial charge is 0.0985 e. The van der Waals surface area contributed by atoms with Crippen molar-refractivity contribution in [3.05, 3.63) is 11.9 Å². The second-order valence-electron chi connectivity index (χ2n) is 2.86. The van der Waals surface area contributed by atoms with Crippen molar-refractivity contribution in [2.45, 2.75) is 19.5 Å². The molecule has 0 spiro atoms. The molecule has 0 aromatic carbocycles. The van der Waals surface area contributed by atoms with Crippen LogP contribution >= 0.6 is 0 Å². The minimum absolute atomic E-state index is 0.0320. The van der Waals surface area contributed by atoms with E-state index in [-0.39, 0.29) is 5.83 Å². The van der Waals surface area contributed by atoms with E-state index in [2.05, 4.69) is 17.1 Å². The van der Waals surface area contributed by atoms with Gasteiger partial charge in [-0.25, -0.2) is 4.39 Å². The van der Waals surface area contributed by atoms with E-state index in [4.69, 9.17) is 0 Å². The zero-order valence-corrected chi connectivity index (χ0v) is 7.10. The second-order valence-corrected chi connectivity index (χ2v) is 2.86. The van der Waals surface area contributed by atoms with Crippen LogP contribution in [0.4, 0.5) is 4.39 Å². The van der Waals surface area contributed by atoms with Crippen LogP contribution in [0, 0.1) is 0 Å². The first-order valence-electron chi connectivity index (χ1n) is 4.00. The lowest BCUT2D eigenvalue weighted by atomic mass is 10.2. The van der Waals surface area contributed by atoms with E-state index in [1.807, 2.05) is 7.05 Å². The zero-order chi connectivity index (χ0) is 8.27. The summed E-state index contributed by atoms with van der Waals surface area (Å²) >= 11 is 0. The fraction of sp³-hybridized carbons (Fsp3) is 0.750. The van der Waals surface area contributed by atoms with Crippen molar-refractivity contribution in [3.63, 3.8) is 0 Å². The van der Waals surface area contributed by atoms with Crippen molar-refractivity contribution in [2.24, 2.45) is 0 Å². The summed E-state index contributed by atoms with van der Waals surface area (Å²) in [6, 6.07) is 0. The number of halogens is 1. The van der Waals surface area contributed by atoms with Gasteiger partial charge in [0.05, 0.1) is 12.0 Å². The second kappa shape index (κ2) is 3.83. The van der Waals surface area contributed by atoms with Gasteiger partial charge < -0.3 is 5.32 Å². The van der Waals surface area contributed by atoms with Crippen LogP contribution in [0.5, 0.6) is 0 Å². The average Bonchev–Trinajstić information content (AvgIpc) is 2.05. The van der Waals surface area contributed by atoms with Gasteiger partial charge in [0.25, 0.3) is 0 Å². The Labute approximate surface area is 67.1 Å². The molecule has 1 atom stereocenters. The molecule has 1 N–H and O–H groups in total. The molecule has 1 aliphatic heterocycles. The monoisotopic (exact) mass is 158 g/mol. The molecular weight excluding hydrogens is 143 g/mol. The Kier molecular flexibility index (Phi) is 3.02. The molecule has 0 bridgehead atoms. The van der Waals surface area contributed by atoms with Crippen LogP contribution in [-0.4, -0.2) is 31.2 Å². The van der Waals surface area contributed by atoms with E-state index >= 15 is 0 Å². The van der Waals surface area contributed by atoms with E-state index in [9.17, 15) is 4.39 Å². The Morgan fingerprint density at radius 1 is 1.73 bits per heavy atom. The average molecular weight is 158 g/mol. The van der Waals surface area contributed by atoms with Gasteiger partial charge in [0.1, 0.15) is 0 Å². The molecule has 0 aliphatic carbocycles. The number of nitrogens with zero attached hydrogens (tertiary/aromatic N) is 1. The van der Waals surface area contributed by atoms with Crippen LogP contribution in [0.2, 0.25) is 0 Å². The summed E-state index contributed by atoms with van der Waals surface area (Å²) < 4.78 is 12.5. The van der Waals surface area contributed by atoms with Crippen molar-refractivity contribution in [2.75, 3.05) is 20.1 Å². The molecule has 1 aliphatic rings. The Bertz CT molecular complexity index is 156. The Morgan fingerprint density at radius 3 is 2.91 bits per heavy atom. The molecule has 0 amide bonds. The number of hydrogen-bond donors (Lipinski definition) is 1. The molecule has 11 heavy (non-hydrogen) atoms. The predicted octanol–water partition coefficient (Wildman–Crippen LogP) is 1.11. The molecule has 1 heterocycles. The third-order valence-electron chi connectivity index (χ3n) is 2.15. The molecule has 0 aromatic heterocycles. The van der Waals surface area contributed by atoms with Gasteiger partial charge in [0, 0.05) is 19.5 Å². The molecule has 0 saturated carbocycles. The Balaban J connectivity index is 2.40. The molecule has 2 nitrogen and oxygen atoms in total. The van der Waals surface area contributed by atoms with Crippen molar-refractivity contribution in [1.29, 1.82) is 0 Å². The van der Waals surface area contributed by atoms with E-state index in [0.717, 1.165) is 13.1 Å². The highest BCUT2D eigenvalue weighted by Crippen LogP contribution is 2.12. The van der Waals surface area contributed by atoms with E-state index in [0.29, 0.717) is 12.6 Å². The molecule has 0 fully saturated rings. The van der Waals surface area contributed by atoms with Gasteiger partial charge in [-0.2, -0.15) is 0 Å². The summed E-state index contributed by atoms with van der Waals surface area (Å²) in [6.45, 7) is 3.63. The molecule has 0 aromatic rings. The number of nitrogens with one attached hydrogen (secondary N) is 1. The van der Waals surface area contributed by atoms with Crippen LogP contribution in [0.1, 0.15) is 13.3 Å². The van der Waals surface area contributed by atoms with Crippen molar-refractivity contribution < 1.29 is 4.39 Å². The van der Waals surface area contributed by atoms with Crippen LogP contribution in [-0.2, 0) is 0 Å². The van der Waals surface area contributed by atoms with Gasteiger partial charge in [-0.3, -0.25) is 4.90 Å². The lowest BCUT2D eigenvalue weighted by molar-refractivity contribution is 0.193. The van der Waals surface area contributed by atoms with Gasteiger partial charge in [0.2, 0.25) is 0 Å². The predicted molar refractivity (Wildman–Crippen MR) is 43.9 cm³/mol. The van der Waals surface area contributed by atoms with E-state index in [1.54, 1.807) is 6.08 Å². The molecule has 1 rings (SSSR count). The van der Waals surface area contributed by atoms with Gasteiger partial charge >= 0.3 is 0 Å². The van der Waals surface area contributed by atoms with Crippen LogP contribution < -0.4 is 5.32 Å². The third kappa shape index (κ3) is 2.27. The highest BCUT2D eigenvalue weighted by atomic mass is 19.1. The SMILES string of the molecule is CNC(C)N1CC=C(F)CC1. The Hall–Kier alpha value is -0.410. The third-order valence-corrected chi connectivity index (χ3v) is 2.15. The Morgan fingerprint density at radius 2 is 2.45 bits per heavy atom. The zero-order valence-electron chi connectivity index (χ0n) is 7.10. The van der Waals surface area contributed by atoms with E-state index in [1.165, 1.54) is 0 Å². The minimum atomic E-state index is 0.0320. The maximum atomic E-state index is 12.5. The lowest BCUT2D eigenvalue weighted by Gasteiger charge is -2.29. The summed E-state index contributed by atoms with van der Waals surface area (Å²) in [6.07, 6.45) is 2.56. The van der Waals surface area contributed by atoms with Crippen LogP contribution in [0.25, 0.3) is 0 Å². The molecule has 0 radical (unpaired) electrons. The summed E-state index contributed by atoms with van der Waals surface area (Å²) in [5, 5.41) is 3.12. The highest BCUT2D eigenvalue weighted by Gasteiger charge is 2.14. The molecular formula is C8H15FN2. The summed E-state index contributed by atoms with van der Waals surface area (Å²) in [4.78, 5) is 2.20. The normalized spacial score (nSPS) is 23.0. The lowest BCUT2D eigenvalue weighted by Crippen LogP contribution is -2.43.